The number of aromatic nitrogens is 2. The van der Waals surface area contributed by atoms with Crippen molar-refractivity contribution in [3.63, 3.8) is 0 Å². The molecule has 0 fully saturated rings. The third kappa shape index (κ3) is 3.99. The molecule has 2 aromatic heterocycles. The number of benzene rings is 2. The van der Waals surface area contributed by atoms with Crippen LogP contribution in [-0.2, 0) is 6.61 Å². The van der Waals surface area contributed by atoms with E-state index in [4.69, 9.17) is 14.9 Å². The minimum Gasteiger partial charge on any atom is -0.497 e. The Kier molecular flexibility index (Phi) is 5.67. The molecule has 2 N–H and O–H groups in total. The van der Waals surface area contributed by atoms with Crippen molar-refractivity contribution in [2.45, 2.75) is 6.61 Å². The summed E-state index contributed by atoms with van der Waals surface area (Å²) in [6.07, 6.45) is 1.60. The second-order valence-electron chi connectivity index (χ2n) is 5.89. The van der Waals surface area contributed by atoms with Gasteiger partial charge in [0.15, 0.2) is 0 Å². The van der Waals surface area contributed by atoms with Gasteiger partial charge >= 0.3 is 5.97 Å². The number of hydrogen-bond donors (Lipinski definition) is 2. The first-order chi connectivity index (χ1) is 13.5. The highest BCUT2D eigenvalue weighted by molar-refractivity contribution is 5.87. The topological polar surface area (TPSA) is 101 Å². The molecule has 0 aliphatic heterocycles. The lowest BCUT2D eigenvalue weighted by Gasteiger charge is -2.06. The van der Waals surface area contributed by atoms with Crippen molar-refractivity contribution in [2.24, 2.45) is 0 Å². The molecule has 0 unspecified atom stereocenters. The van der Waals surface area contributed by atoms with Crippen LogP contribution in [0.2, 0.25) is 0 Å². The molecule has 2 aromatic carbocycles. The molecular formula is C21H18N2O5. The molecule has 0 amide bonds. The number of ether oxygens (including phenoxy) is 1. The molecule has 0 aliphatic rings. The predicted molar refractivity (Wildman–Crippen MR) is 105 cm³/mol. The second kappa shape index (κ2) is 8.32. The fraction of sp³-hybridized carbons (Fsp3) is 0.0952. The van der Waals surface area contributed by atoms with Gasteiger partial charge in [0.25, 0.3) is 5.56 Å². The summed E-state index contributed by atoms with van der Waals surface area (Å²) in [7, 11) is 1.55. The molecule has 2 heterocycles. The minimum atomic E-state index is -0.879. The number of hydrogen-bond acceptors (Lipinski definition) is 5. The quantitative estimate of drug-likeness (QED) is 0.532. The Morgan fingerprint density at radius 1 is 1.11 bits per heavy atom. The molecule has 0 radical (unpaired) electrons. The van der Waals surface area contributed by atoms with Gasteiger partial charge < -0.3 is 14.9 Å². The molecule has 0 aliphatic carbocycles. The van der Waals surface area contributed by atoms with Crippen molar-refractivity contribution in [1.29, 1.82) is 0 Å². The van der Waals surface area contributed by atoms with Crippen LogP contribution < -0.4 is 10.3 Å². The summed E-state index contributed by atoms with van der Waals surface area (Å²) in [4.78, 5) is 27.0. The van der Waals surface area contributed by atoms with Crippen LogP contribution in [-0.4, -0.2) is 32.7 Å². The molecule has 0 bridgehead atoms. The summed E-state index contributed by atoms with van der Waals surface area (Å²) in [6, 6.07) is 17.0. The lowest BCUT2D eigenvalue weighted by Crippen LogP contribution is -2.15. The lowest BCUT2D eigenvalue weighted by atomic mass is 10.2. The first kappa shape index (κ1) is 19.1. The Labute approximate surface area is 160 Å². The van der Waals surface area contributed by atoms with E-state index in [0.717, 1.165) is 0 Å². The van der Waals surface area contributed by atoms with Crippen molar-refractivity contribution in [2.75, 3.05) is 7.11 Å². The number of aliphatic hydroxyl groups excluding tert-OH is 1. The Bertz CT molecular complexity index is 1120. The zero-order valence-electron chi connectivity index (χ0n) is 15.1. The number of aromatic carboxylic acids is 1. The maximum absolute atomic E-state index is 12.4. The van der Waals surface area contributed by atoms with Crippen molar-refractivity contribution in [3.05, 3.63) is 88.3 Å². The van der Waals surface area contributed by atoms with Crippen LogP contribution in [0.5, 0.6) is 5.75 Å². The second-order valence-corrected chi connectivity index (χ2v) is 5.89. The molecule has 142 valence electrons. The van der Waals surface area contributed by atoms with E-state index in [1.807, 2.05) is 0 Å². The van der Waals surface area contributed by atoms with Crippen molar-refractivity contribution < 1.29 is 19.7 Å². The lowest BCUT2D eigenvalue weighted by molar-refractivity contribution is 0.0697. The van der Waals surface area contributed by atoms with Gasteiger partial charge in [-0.2, -0.15) is 0 Å². The van der Waals surface area contributed by atoms with Crippen LogP contribution in [0, 0.1) is 0 Å². The summed E-state index contributed by atoms with van der Waals surface area (Å²) in [5.41, 5.74) is 2.01. The predicted octanol–water partition coefficient (Wildman–Crippen LogP) is 2.73. The Hall–Kier alpha value is -3.71. The van der Waals surface area contributed by atoms with E-state index in [1.165, 1.54) is 4.40 Å². The van der Waals surface area contributed by atoms with Crippen molar-refractivity contribution >= 4 is 22.5 Å². The highest BCUT2D eigenvalue weighted by atomic mass is 16.5. The molecular weight excluding hydrogens is 360 g/mol. The third-order valence-electron chi connectivity index (χ3n) is 4.08. The maximum Gasteiger partial charge on any atom is 0.335 e. The van der Waals surface area contributed by atoms with Gasteiger partial charge in [-0.25, -0.2) is 9.78 Å². The number of carboxylic acids is 1. The summed E-state index contributed by atoms with van der Waals surface area (Å²) < 4.78 is 6.56. The van der Waals surface area contributed by atoms with Crippen LogP contribution in [0.3, 0.4) is 0 Å². The molecule has 4 aromatic rings. The number of aliphatic hydroxyl groups is 1. The van der Waals surface area contributed by atoms with Gasteiger partial charge in [-0.1, -0.05) is 24.3 Å². The molecule has 28 heavy (non-hydrogen) atoms. The van der Waals surface area contributed by atoms with Crippen molar-refractivity contribution in [1.82, 2.24) is 9.38 Å². The van der Waals surface area contributed by atoms with E-state index in [9.17, 15) is 9.59 Å². The van der Waals surface area contributed by atoms with Gasteiger partial charge in [-0.15, -0.1) is 0 Å². The molecule has 0 atom stereocenters. The van der Waals surface area contributed by atoms with E-state index in [1.54, 1.807) is 74.0 Å². The van der Waals surface area contributed by atoms with Gasteiger partial charge in [0.05, 0.1) is 30.2 Å². The number of nitrogens with zero attached hydrogens (tertiary/aromatic N) is 2. The van der Waals surface area contributed by atoms with E-state index in [-0.39, 0.29) is 12.2 Å². The molecule has 4 rings (SSSR count). The van der Waals surface area contributed by atoms with E-state index < -0.39 is 5.97 Å². The van der Waals surface area contributed by atoms with Gasteiger partial charge in [-0.3, -0.25) is 9.20 Å². The molecule has 0 spiro atoms. The van der Waals surface area contributed by atoms with E-state index in [2.05, 4.69) is 4.98 Å². The average Bonchev–Trinajstić information content (AvgIpc) is 2.74. The van der Waals surface area contributed by atoms with E-state index >= 15 is 0 Å². The highest BCUT2D eigenvalue weighted by Crippen LogP contribution is 2.17. The summed E-state index contributed by atoms with van der Waals surface area (Å²) in [5.74, 6) is -0.264. The normalized spacial score (nSPS) is 10.4. The number of pyridine rings is 1. The number of rotatable bonds is 3. The molecule has 0 saturated heterocycles. The average molecular weight is 378 g/mol. The smallest absolute Gasteiger partial charge is 0.335 e. The summed E-state index contributed by atoms with van der Waals surface area (Å²) in [5, 5.41) is 18.0. The molecule has 0 saturated carbocycles. The standard InChI is InChI=1S/C14H12N2O3.C7H6O2/c1-19-10-3-4-12-11(6-10)14(18)16-7-9(8-17)2-5-13(16)15-12;8-7(9)6-4-2-1-3-5-6/h2-7,17H,8H2,1H3;1-5H,(H,8,9). The Balaban J connectivity index is 0.000000211. The largest absolute Gasteiger partial charge is 0.497 e. The Morgan fingerprint density at radius 2 is 1.86 bits per heavy atom. The Morgan fingerprint density at radius 3 is 2.46 bits per heavy atom. The number of carboxylic acid groups (broad SMARTS) is 1. The maximum atomic E-state index is 12.4. The molecule has 7 nitrogen and oxygen atoms in total. The SMILES string of the molecule is COc1ccc2nc3ccc(CO)cn3c(=O)c2c1.O=C(O)c1ccccc1. The summed E-state index contributed by atoms with van der Waals surface area (Å²) in [6.45, 7) is -0.113. The van der Waals surface area contributed by atoms with Gasteiger partial charge in [0.1, 0.15) is 11.4 Å². The van der Waals surface area contributed by atoms with E-state index in [0.29, 0.717) is 33.4 Å². The third-order valence-corrected chi connectivity index (χ3v) is 4.08. The first-order valence-corrected chi connectivity index (χ1v) is 8.41. The number of carbonyl (C=O) groups is 1. The van der Waals surface area contributed by atoms with Gasteiger partial charge in [-0.05, 0) is 42.0 Å². The molecule has 7 heteroatoms. The minimum absolute atomic E-state index is 0.113. The number of methoxy groups -OCH3 is 1. The monoisotopic (exact) mass is 378 g/mol. The van der Waals surface area contributed by atoms with Crippen molar-refractivity contribution in [3.8, 4) is 5.75 Å². The summed E-state index contributed by atoms with van der Waals surface area (Å²) >= 11 is 0. The zero-order valence-corrected chi connectivity index (χ0v) is 15.1. The van der Waals surface area contributed by atoms with Crippen LogP contribution in [0.25, 0.3) is 16.6 Å². The van der Waals surface area contributed by atoms with Gasteiger partial charge in [0, 0.05) is 6.20 Å². The van der Waals surface area contributed by atoms with Crippen LogP contribution in [0.15, 0.2) is 71.7 Å². The van der Waals surface area contributed by atoms with Gasteiger partial charge in [0.2, 0.25) is 0 Å². The fourth-order valence-electron chi connectivity index (χ4n) is 2.63. The zero-order chi connectivity index (χ0) is 20.1. The van der Waals surface area contributed by atoms with Crippen LogP contribution in [0.1, 0.15) is 15.9 Å². The van der Waals surface area contributed by atoms with Crippen LogP contribution in [0.4, 0.5) is 0 Å². The fourth-order valence-corrected chi connectivity index (χ4v) is 2.63. The first-order valence-electron chi connectivity index (χ1n) is 8.41. The number of fused-ring (bicyclic) bond motifs is 2. The highest BCUT2D eigenvalue weighted by Gasteiger charge is 2.07. The van der Waals surface area contributed by atoms with Crippen LogP contribution >= 0.6 is 0 Å².